The minimum Gasteiger partial charge on any atom is -0.492 e. The Morgan fingerprint density at radius 2 is 2.24 bits per heavy atom. The molecule has 0 amide bonds. The van der Waals surface area contributed by atoms with Crippen molar-refractivity contribution in [1.82, 2.24) is 0 Å². The molecule has 0 atom stereocenters. The molecule has 0 bridgehead atoms. The summed E-state index contributed by atoms with van der Waals surface area (Å²) >= 11 is 3.44. The first-order valence-corrected chi connectivity index (χ1v) is 6.57. The van der Waals surface area contributed by atoms with Crippen molar-refractivity contribution in [2.75, 3.05) is 6.61 Å². The van der Waals surface area contributed by atoms with Crippen molar-refractivity contribution >= 4 is 21.9 Å². The summed E-state index contributed by atoms with van der Waals surface area (Å²) in [5, 5.41) is 8.64. The fourth-order valence-electron chi connectivity index (χ4n) is 1.56. The molecule has 0 heterocycles. The lowest BCUT2D eigenvalue weighted by Crippen LogP contribution is -2.01. The summed E-state index contributed by atoms with van der Waals surface area (Å²) in [5.41, 5.74) is 1.00. The van der Waals surface area contributed by atoms with Gasteiger partial charge in [0.05, 0.1) is 11.1 Å². The maximum atomic E-state index is 10.5. The van der Waals surface area contributed by atoms with Crippen molar-refractivity contribution in [2.45, 2.75) is 25.7 Å². The first-order chi connectivity index (χ1) is 8.15. The van der Waals surface area contributed by atoms with E-state index in [0.29, 0.717) is 12.3 Å². The van der Waals surface area contributed by atoms with E-state index in [1.807, 2.05) is 18.2 Å². The van der Waals surface area contributed by atoms with Crippen LogP contribution in [0.25, 0.3) is 0 Å². The van der Waals surface area contributed by atoms with Gasteiger partial charge < -0.3 is 9.84 Å². The van der Waals surface area contributed by atoms with Gasteiger partial charge in [0.15, 0.2) is 0 Å². The van der Waals surface area contributed by atoms with Gasteiger partial charge in [0.25, 0.3) is 0 Å². The van der Waals surface area contributed by atoms with Gasteiger partial charge in [-0.15, -0.1) is 0 Å². The van der Waals surface area contributed by atoms with Gasteiger partial charge in [-0.3, -0.25) is 4.79 Å². The second-order valence-electron chi connectivity index (χ2n) is 4.41. The SMILES string of the molecule is O=C(O)CCc1ccc(Br)c(OCC2CC2)c1. The van der Waals surface area contributed by atoms with Gasteiger partial charge >= 0.3 is 5.97 Å². The second kappa shape index (κ2) is 5.54. The van der Waals surface area contributed by atoms with Crippen LogP contribution in [0.2, 0.25) is 0 Å². The monoisotopic (exact) mass is 298 g/mol. The summed E-state index contributed by atoms with van der Waals surface area (Å²) in [6, 6.07) is 5.77. The normalized spacial score (nSPS) is 14.6. The molecule has 1 N–H and O–H groups in total. The van der Waals surface area contributed by atoms with Crippen LogP contribution in [0.4, 0.5) is 0 Å². The minimum absolute atomic E-state index is 0.156. The van der Waals surface area contributed by atoms with Crippen molar-refractivity contribution < 1.29 is 14.6 Å². The average Bonchev–Trinajstić information content (AvgIpc) is 3.10. The smallest absolute Gasteiger partial charge is 0.303 e. The Balaban J connectivity index is 1.97. The molecule has 1 saturated carbocycles. The number of benzene rings is 1. The maximum Gasteiger partial charge on any atom is 0.303 e. The summed E-state index contributed by atoms with van der Waals surface area (Å²) in [6.45, 7) is 0.765. The maximum absolute atomic E-state index is 10.5. The van der Waals surface area contributed by atoms with Gasteiger partial charge in [-0.1, -0.05) is 6.07 Å². The number of hydrogen-bond donors (Lipinski definition) is 1. The number of halogens is 1. The Morgan fingerprint density at radius 3 is 2.88 bits per heavy atom. The molecule has 0 unspecified atom stereocenters. The van der Waals surface area contributed by atoms with Crippen LogP contribution >= 0.6 is 15.9 Å². The van der Waals surface area contributed by atoms with Crippen molar-refractivity contribution in [3.63, 3.8) is 0 Å². The van der Waals surface area contributed by atoms with Crippen LogP contribution in [0, 0.1) is 5.92 Å². The fourth-order valence-corrected chi connectivity index (χ4v) is 1.92. The van der Waals surface area contributed by atoms with Crippen molar-refractivity contribution in [3.8, 4) is 5.75 Å². The van der Waals surface area contributed by atoms with E-state index in [9.17, 15) is 4.79 Å². The topological polar surface area (TPSA) is 46.5 Å². The van der Waals surface area contributed by atoms with Gasteiger partial charge in [-0.05, 0) is 58.8 Å². The predicted molar refractivity (Wildman–Crippen MR) is 68.3 cm³/mol. The van der Waals surface area contributed by atoms with Crippen LogP contribution in [0.15, 0.2) is 22.7 Å². The van der Waals surface area contributed by atoms with Crippen LogP contribution in [0.3, 0.4) is 0 Å². The number of ether oxygens (including phenoxy) is 1. The van der Waals surface area contributed by atoms with E-state index in [2.05, 4.69) is 15.9 Å². The third-order valence-electron chi connectivity index (χ3n) is 2.79. The molecule has 4 heteroatoms. The van der Waals surface area contributed by atoms with E-state index >= 15 is 0 Å². The van der Waals surface area contributed by atoms with Crippen LogP contribution in [-0.4, -0.2) is 17.7 Å². The third-order valence-corrected chi connectivity index (χ3v) is 3.45. The first-order valence-electron chi connectivity index (χ1n) is 5.78. The molecule has 0 spiro atoms. The Morgan fingerprint density at radius 1 is 1.47 bits per heavy atom. The Kier molecular flexibility index (Phi) is 4.05. The molecule has 92 valence electrons. The number of carboxylic acids is 1. The van der Waals surface area contributed by atoms with Crippen LogP contribution in [0.1, 0.15) is 24.8 Å². The molecule has 17 heavy (non-hydrogen) atoms. The number of carboxylic acid groups (broad SMARTS) is 1. The van der Waals surface area contributed by atoms with Crippen LogP contribution in [0.5, 0.6) is 5.75 Å². The van der Waals surface area contributed by atoms with Gasteiger partial charge in [-0.2, -0.15) is 0 Å². The highest BCUT2D eigenvalue weighted by Crippen LogP contribution is 2.32. The number of hydrogen-bond acceptors (Lipinski definition) is 2. The molecule has 0 saturated heterocycles. The van der Waals surface area contributed by atoms with Crippen LogP contribution < -0.4 is 4.74 Å². The molecule has 3 nitrogen and oxygen atoms in total. The van der Waals surface area contributed by atoms with E-state index in [0.717, 1.165) is 22.4 Å². The lowest BCUT2D eigenvalue weighted by Gasteiger charge is -2.09. The Hall–Kier alpha value is -1.03. The quantitative estimate of drug-likeness (QED) is 0.877. The molecule has 1 aromatic carbocycles. The molecular weight excluding hydrogens is 284 g/mol. The summed E-state index contributed by atoms with van der Waals surface area (Å²) in [4.78, 5) is 10.5. The standard InChI is InChI=1S/C13H15BrO3/c14-11-5-3-9(4-6-13(15)16)7-12(11)17-8-10-1-2-10/h3,5,7,10H,1-2,4,6,8H2,(H,15,16). The van der Waals surface area contributed by atoms with Gasteiger partial charge in [-0.25, -0.2) is 0 Å². The highest BCUT2D eigenvalue weighted by molar-refractivity contribution is 9.10. The van der Waals surface area contributed by atoms with Crippen LogP contribution in [-0.2, 0) is 11.2 Å². The molecule has 0 aromatic heterocycles. The zero-order valence-electron chi connectivity index (χ0n) is 9.49. The molecule has 1 fully saturated rings. The highest BCUT2D eigenvalue weighted by Gasteiger charge is 2.22. The van der Waals surface area contributed by atoms with Gasteiger partial charge in [0, 0.05) is 6.42 Å². The lowest BCUT2D eigenvalue weighted by atomic mass is 10.1. The lowest BCUT2D eigenvalue weighted by molar-refractivity contribution is -0.136. The molecule has 0 aliphatic heterocycles. The molecule has 1 aliphatic rings. The first kappa shape index (κ1) is 12.4. The van der Waals surface area contributed by atoms with Gasteiger partial charge in [0.1, 0.15) is 5.75 Å². The van der Waals surface area contributed by atoms with E-state index < -0.39 is 5.97 Å². The largest absolute Gasteiger partial charge is 0.492 e. The van der Waals surface area contributed by atoms with Crippen molar-refractivity contribution in [3.05, 3.63) is 28.2 Å². The van der Waals surface area contributed by atoms with E-state index in [-0.39, 0.29) is 6.42 Å². The predicted octanol–water partition coefficient (Wildman–Crippen LogP) is 3.26. The number of rotatable bonds is 6. The fraction of sp³-hybridized carbons (Fsp3) is 0.462. The summed E-state index contributed by atoms with van der Waals surface area (Å²) in [5.74, 6) is 0.762. The number of carbonyl (C=O) groups is 1. The molecule has 2 rings (SSSR count). The summed E-state index contributed by atoms with van der Waals surface area (Å²) < 4.78 is 6.64. The average molecular weight is 299 g/mol. The highest BCUT2D eigenvalue weighted by atomic mass is 79.9. The minimum atomic E-state index is -0.770. The summed E-state index contributed by atoms with van der Waals surface area (Å²) in [6.07, 6.45) is 3.22. The van der Waals surface area contributed by atoms with Crippen molar-refractivity contribution in [1.29, 1.82) is 0 Å². The van der Waals surface area contributed by atoms with E-state index in [1.54, 1.807) is 0 Å². The number of aliphatic carboxylic acids is 1. The number of aryl methyl sites for hydroxylation is 1. The molecule has 1 aliphatic carbocycles. The molecular formula is C13H15BrO3. The van der Waals surface area contributed by atoms with Crippen molar-refractivity contribution in [2.24, 2.45) is 5.92 Å². The Bertz CT molecular complexity index is 413. The second-order valence-corrected chi connectivity index (χ2v) is 5.27. The Labute approximate surface area is 109 Å². The van der Waals surface area contributed by atoms with E-state index in [4.69, 9.17) is 9.84 Å². The molecule has 0 radical (unpaired) electrons. The van der Waals surface area contributed by atoms with E-state index in [1.165, 1.54) is 12.8 Å². The zero-order valence-corrected chi connectivity index (χ0v) is 11.1. The van der Waals surface area contributed by atoms with Gasteiger partial charge in [0.2, 0.25) is 0 Å². The zero-order chi connectivity index (χ0) is 12.3. The summed E-state index contributed by atoms with van der Waals surface area (Å²) in [7, 11) is 0. The third kappa shape index (κ3) is 4.04. The molecule has 1 aromatic rings.